The zero-order chi connectivity index (χ0) is 19.4. The zero-order valence-corrected chi connectivity index (χ0v) is 14.3. The van der Waals surface area contributed by atoms with E-state index in [9.17, 15) is 18.0 Å². The van der Waals surface area contributed by atoms with Crippen LogP contribution in [0.2, 0.25) is 5.02 Å². The second-order valence-electron chi connectivity index (χ2n) is 5.31. The van der Waals surface area contributed by atoms with Crippen LogP contribution in [0.5, 0.6) is 11.8 Å². The lowest BCUT2D eigenvalue weighted by molar-refractivity contribution is -0.137. The van der Waals surface area contributed by atoms with Gasteiger partial charge in [-0.2, -0.15) is 13.2 Å². The molecule has 0 spiro atoms. The van der Waals surface area contributed by atoms with Gasteiger partial charge in [0.1, 0.15) is 5.75 Å². The first-order chi connectivity index (χ1) is 12.8. The molecule has 1 aromatic heterocycles. The summed E-state index contributed by atoms with van der Waals surface area (Å²) in [6, 6.07) is 10.4. The van der Waals surface area contributed by atoms with E-state index in [1.165, 1.54) is 24.5 Å². The number of hydrogen-bond donors (Lipinski definition) is 1. The average Bonchev–Trinajstić information content (AvgIpc) is 2.63. The summed E-state index contributed by atoms with van der Waals surface area (Å²) in [7, 11) is 0. The fourth-order valence-corrected chi connectivity index (χ4v) is 2.30. The summed E-state index contributed by atoms with van der Waals surface area (Å²) in [5.74, 6) is -0.348. The van der Waals surface area contributed by atoms with Crippen molar-refractivity contribution in [1.82, 2.24) is 9.97 Å². The molecule has 1 N–H and O–H groups in total. The lowest BCUT2D eigenvalue weighted by Crippen LogP contribution is -2.13. The molecule has 3 rings (SSSR count). The molecule has 0 aliphatic rings. The van der Waals surface area contributed by atoms with Crippen molar-refractivity contribution >= 4 is 23.2 Å². The maximum Gasteiger partial charge on any atom is 0.416 e. The lowest BCUT2D eigenvalue weighted by Gasteiger charge is -2.12. The Morgan fingerprint density at radius 2 is 1.78 bits per heavy atom. The van der Waals surface area contributed by atoms with Gasteiger partial charge >= 0.3 is 12.2 Å². The highest BCUT2D eigenvalue weighted by Crippen LogP contribution is 2.34. The van der Waals surface area contributed by atoms with E-state index in [1.807, 2.05) is 0 Å². The number of nitrogens with one attached hydrogen (secondary N) is 1. The minimum absolute atomic E-state index is 0.0126. The molecule has 5 nitrogen and oxygen atoms in total. The number of rotatable bonds is 4. The van der Waals surface area contributed by atoms with Gasteiger partial charge in [-0.05, 0) is 42.5 Å². The van der Waals surface area contributed by atoms with Gasteiger partial charge in [-0.1, -0.05) is 17.7 Å². The number of carbonyl (C=O) groups is 1. The summed E-state index contributed by atoms with van der Waals surface area (Å²) in [5, 5.41) is 2.36. The molecular formula is C18H11ClF3N3O2. The van der Waals surface area contributed by atoms with Crippen LogP contribution in [0.4, 0.5) is 18.9 Å². The predicted molar refractivity (Wildman–Crippen MR) is 93.0 cm³/mol. The smallest absolute Gasteiger partial charge is 0.416 e. The highest BCUT2D eigenvalue weighted by Gasteiger charge is 2.31. The molecule has 0 fully saturated rings. The minimum atomic E-state index is -4.55. The number of aromatic nitrogens is 2. The third-order valence-electron chi connectivity index (χ3n) is 3.39. The summed E-state index contributed by atoms with van der Waals surface area (Å²) >= 11 is 5.89. The van der Waals surface area contributed by atoms with Crippen molar-refractivity contribution in [1.29, 1.82) is 0 Å². The van der Waals surface area contributed by atoms with Crippen LogP contribution in [0.3, 0.4) is 0 Å². The van der Waals surface area contributed by atoms with Crippen LogP contribution in [-0.4, -0.2) is 15.9 Å². The standard InChI is InChI=1S/C18H11ClF3N3O2/c19-14-6-5-12(18(20,21)22)10-15(14)25-16(26)11-3-1-4-13(9-11)27-17-23-7-2-8-24-17/h1-10H,(H,25,26). The Morgan fingerprint density at radius 1 is 1.04 bits per heavy atom. The molecule has 9 heteroatoms. The Morgan fingerprint density at radius 3 is 2.48 bits per heavy atom. The van der Waals surface area contributed by atoms with Crippen molar-refractivity contribution in [2.75, 3.05) is 5.32 Å². The van der Waals surface area contributed by atoms with Crippen molar-refractivity contribution in [3.05, 3.63) is 77.1 Å². The average molecular weight is 394 g/mol. The SMILES string of the molecule is O=C(Nc1cc(C(F)(F)F)ccc1Cl)c1cccc(Oc2ncccn2)c1. The van der Waals surface area contributed by atoms with Crippen molar-refractivity contribution in [3.8, 4) is 11.8 Å². The number of nitrogens with zero attached hydrogens (tertiary/aromatic N) is 2. The Labute approximate surface area is 156 Å². The van der Waals surface area contributed by atoms with Crippen LogP contribution < -0.4 is 10.1 Å². The topological polar surface area (TPSA) is 64.1 Å². The van der Waals surface area contributed by atoms with Crippen molar-refractivity contribution in [2.45, 2.75) is 6.18 Å². The molecule has 2 aromatic carbocycles. The van der Waals surface area contributed by atoms with Crippen LogP contribution in [0.25, 0.3) is 0 Å². The van der Waals surface area contributed by atoms with Gasteiger partial charge in [-0.25, -0.2) is 9.97 Å². The van der Waals surface area contributed by atoms with E-state index in [0.29, 0.717) is 5.75 Å². The second kappa shape index (κ2) is 7.63. The molecule has 0 bridgehead atoms. The number of hydrogen-bond acceptors (Lipinski definition) is 4. The molecule has 138 valence electrons. The first-order valence-electron chi connectivity index (χ1n) is 7.56. The van der Waals surface area contributed by atoms with Gasteiger partial charge in [-0.3, -0.25) is 4.79 Å². The third-order valence-corrected chi connectivity index (χ3v) is 3.72. The third kappa shape index (κ3) is 4.73. The predicted octanol–water partition coefficient (Wildman–Crippen LogP) is 5.19. The minimum Gasteiger partial charge on any atom is -0.424 e. The monoisotopic (exact) mass is 393 g/mol. The molecule has 0 aliphatic carbocycles. The number of amides is 1. The highest BCUT2D eigenvalue weighted by molar-refractivity contribution is 6.34. The number of halogens is 4. The van der Waals surface area contributed by atoms with Crippen molar-refractivity contribution < 1.29 is 22.7 Å². The van der Waals surface area contributed by atoms with Crippen LogP contribution in [0.1, 0.15) is 15.9 Å². The fraction of sp³-hybridized carbons (Fsp3) is 0.0556. The quantitative estimate of drug-likeness (QED) is 0.662. The molecule has 0 radical (unpaired) electrons. The van der Waals surface area contributed by atoms with E-state index in [4.69, 9.17) is 16.3 Å². The first-order valence-corrected chi connectivity index (χ1v) is 7.94. The molecule has 3 aromatic rings. The number of anilines is 1. The van der Waals surface area contributed by atoms with E-state index >= 15 is 0 Å². The number of benzene rings is 2. The molecule has 0 saturated heterocycles. The van der Waals surface area contributed by atoms with Crippen LogP contribution in [-0.2, 0) is 6.18 Å². The second-order valence-corrected chi connectivity index (χ2v) is 5.71. The Kier molecular flexibility index (Phi) is 5.27. The lowest BCUT2D eigenvalue weighted by atomic mass is 10.1. The van der Waals surface area contributed by atoms with E-state index in [2.05, 4.69) is 15.3 Å². The Balaban J connectivity index is 1.80. The number of carbonyl (C=O) groups excluding carboxylic acids is 1. The van der Waals surface area contributed by atoms with Crippen molar-refractivity contribution in [3.63, 3.8) is 0 Å². The summed E-state index contributed by atoms with van der Waals surface area (Å²) in [5.41, 5.74) is -0.897. The Bertz CT molecular complexity index is 966. The van der Waals surface area contributed by atoms with Crippen LogP contribution in [0.15, 0.2) is 60.9 Å². The molecule has 27 heavy (non-hydrogen) atoms. The maximum atomic E-state index is 12.8. The van der Waals surface area contributed by atoms with Gasteiger partial charge in [0, 0.05) is 18.0 Å². The summed E-state index contributed by atoms with van der Waals surface area (Å²) in [4.78, 5) is 20.2. The van der Waals surface area contributed by atoms with E-state index in [-0.39, 0.29) is 22.3 Å². The molecule has 0 atom stereocenters. The fourth-order valence-electron chi connectivity index (χ4n) is 2.14. The zero-order valence-electron chi connectivity index (χ0n) is 13.5. The largest absolute Gasteiger partial charge is 0.424 e. The molecule has 0 aliphatic heterocycles. The normalized spacial score (nSPS) is 11.1. The van der Waals surface area contributed by atoms with Gasteiger partial charge in [0.15, 0.2) is 0 Å². The van der Waals surface area contributed by atoms with E-state index in [0.717, 1.165) is 18.2 Å². The van der Waals surface area contributed by atoms with E-state index in [1.54, 1.807) is 18.2 Å². The highest BCUT2D eigenvalue weighted by atomic mass is 35.5. The summed E-state index contributed by atoms with van der Waals surface area (Å²) < 4.78 is 43.9. The molecule has 0 unspecified atom stereocenters. The van der Waals surface area contributed by atoms with Crippen LogP contribution >= 0.6 is 11.6 Å². The Hall–Kier alpha value is -3.13. The van der Waals surface area contributed by atoms with Gasteiger partial charge in [-0.15, -0.1) is 0 Å². The van der Waals surface area contributed by atoms with E-state index < -0.39 is 17.6 Å². The summed E-state index contributed by atoms with van der Waals surface area (Å²) in [6.45, 7) is 0. The number of ether oxygens (including phenoxy) is 1. The molecule has 1 amide bonds. The first kappa shape index (κ1) is 18.7. The van der Waals surface area contributed by atoms with Gasteiger partial charge < -0.3 is 10.1 Å². The van der Waals surface area contributed by atoms with Crippen LogP contribution in [0, 0.1) is 0 Å². The molecular weight excluding hydrogens is 383 g/mol. The molecule has 1 heterocycles. The van der Waals surface area contributed by atoms with Crippen molar-refractivity contribution in [2.24, 2.45) is 0 Å². The van der Waals surface area contributed by atoms with Gasteiger partial charge in [0.05, 0.1) is 16.3 Å². The summed E-state index contributed by atoms with van der Waals surface area (Å²) in [6.07, 6.45) is -1.56. The van der Waals surface area contributed by atoms with Gasteiger partial charge in [0.25, 0.3) is 5.91 Å². The number of alkyl halides is 3. The molecule has 0 saturated carbocycles. The van der Waals surface area contributed by atoms with Gasteiger partial charge in [0.2, 0.25) is 0 Å². The maximum absolute atomic E-state index is 12.8.